The molecule has 2 rings (SSSR count). The van der Waals surface area contributed by atoms with Crippen LogP contribution in [0.15, 0.2) is 54.6 Å². The summed E-state index contributed by atoms with van der Waals surface area (Å²) in [6.07, 6.45) is 8.06. The van der Waals surface area contributed by atoms with Gasteiger partial charge in [-0.25, -0.2) is 24.3 Å². The fourth-order valence-corrected chi connectivity index (χ4v) is 3.28. The third-order valence-corrected chi connectivity index (χ3v) is 4.76. The van der Waals surface area contributed by atoms with Crippen molar-refractivity contribution in [2.45, 2.75) is 65.8 Å². The van der Waals surface area contributed by atoms with Crippen molar-refractivity contribution in [3.05, 3.63) is 60.2 Å². The van der Waals surface area contributed by atoms with Gasteiger partial charge in [0, 0.05) is 17.1 Å². The fourth-order valence-electron chi connectivity index (χ4n) is 3.28. The van der Waals surface area contributed by atoms with Crippen molar-refractivity contribution in [3.63, 3.8) is 0 Å². The average Bonchev–Trinajstić information content (AvgIpc) is 3.32. The van der Waals surface area contributed by atoms with Crippen molar-refractivity contribution in [1.29, 1.82) is 0 Å². The van der Waals surface area contributed by atoms with Crippen LogP contribution in [0.5, 0.6) is 0 Å². The zero-order chi connectivity index (χ0) is 17.5. The molecule has 0 bridgehead atoms. The first kappa shape index (κ1) is 24.2. The number of hydrogen-bond donors (Lipinski definition) is 0. The summed E-state index contributed by atoms with van der Waals surface area (Å²) in [6.45, 7) is 12.3. The third kappa shape index (κ3) is 10.7. The molecule has 0 atom stereocenters. The topological polar surface area (TPSA) is 0 Å². The van der Waals surface area contributed by atoms with Crippen LogP contribution in [-0.4, -0.2) is 24.1 Å². The van der Waals surface area contributed by atoms with Crippen molar-refractivity contribution in [1.82, 2.24) is 0 Å². The first-order chi connectivity index (χ1) is 11.8. The van der Waals surface area contributed by atoms with E-state index in [0.29, 0.717) is 0 Å². The van der Waals surface area contributed by atoms with Gasteiger partial charge >= 0.3 is 0 Å². The molecule has 0 amide bonds. The van der Waals surface area contributed by atoms with Crippen molar-refractivity contribution in [3.8, 4) is 0 Å². The largest absolute Gasteiger partial charge is 0.329 e. The molecule has 2 heteroatoms. The number of rotatable bonds is 11. The van der Waals surface area contributed by atoms with Gasteiger partial charge in [0.2, 0.25) is 0 Å². The minimum atomic E-state index is 0. The van der Waals surface area contributed by atoms with Gasteiger partial charge in [0.1, 0.15) is 0 Å². The predicted molar refractivity (Wildman–Crippen MR) is 107 cm³/mol. The van der Waals surface area contributed by atoms with Gasteiger partial charge in [0.05, 0.1) is 26.2 Å². The first-order valence-electron chi connectivity index (χ1n) is 9.98. The van der Waals surface area contributed by atoms with Gasteiger partial charge in [-0.05, 0) is 19.3 Å². The molecule has 0 aliphatic carbocycles. The molecule has 0 aliphatic rings. The maximum absolute atomic E-state index is 2.32. The molecule has 0 heterocycles. The number of quaternary nitrogens is 1. The van der Waals surface area contributed by atoms with Crippen LogP contribution >= 0.6 is 0 Å². The van der Waals surface area contributed by atoms with E-state index >= 15 is 0 Å². The Kier molecular flexibility index (Phi) is 14.9. The van der Waals surface area contributed by atoms with E-state index in [2.05, 4.69) is 45.0 Å². The Morgan fingerprint density at radius 3 is 1.48 bits per heavy atom. The van der Waals surface area contributed by atoms with Crippen molar-refractivity contribution in [2.24, 2.45) is 0 Å². The van der Waals surface area contributed by atoms with Crippen LogP contribution in [0.25, 0.3) is 0 Å². The van der Waals surface area contributed by atoms with E-state index < -0.39 is 0 Å². The Hall–Kier alpha value is -0.821. The standard InChI is InChI=1S/C18H33N.C5H5.Fe/c1-4-7-14-19(15-8-5-2,16-9-6-3)17-18-12-10-11-13-18;1-2-4-5-3-1;/h10-13H,4-9,14-17H2,1-3H3;1-5H;/q;-1;. The summed E-state index contributed by atoms with van der Waals surface area (Å²) in [4.78, 5) is 0. The Bertz CT molecular complexity index is 419. The van der Waals surface area contributed by atoms with Gasteiger partial charge in [-0.15, -0.1) is 5.56 Å². The maximum Gasteiger partial charge on any atom is 0.0781 e. The van der Waals surface area contributed by atoms with Gasteiger partial charge in [0.25, 0.3) is 0 Å². The van der Waals surface area contributed by atoms with Crippen LogP contribution in [0.2, 0.25) is 0 Å². The van der Waals surface area contributed by atoms with Crippen LogP contribution in [0, 0.1) is 0 Å². The molecular weight excluding hydrogens is 346 g/mol. The SMILES string of the molecule is CCCC[N+](CCCC)(CCCC)C[c-]1cccc1.[Fe].c1cc[cH-]c1. The minimum Gasteiger partial charge on any atom is -0.329 e. The zero-order valence-corrected chi connectivity index (χ0v) is 17.7. The predicted octanol–water partition coefficient (Wildman–Crippen LogP) is 6.53. The monoisotopic (exact) mass is 384 g/mol. The van der Waals surface area contributed by atoms with Crippen LogP contribution in [0.3, 0.4) is 0 Å². The molecule has 144 valence electrons. The molecule has 0 fully saturated rings. The summed E-state index contributed by atoms with van der Waals surface area (Å²) < 4.78 is 1.32. The van der Waals surface area contributed by atoms with E-state index in [0.717, 1.165) is 0 Å². The number of hydrogen-bond acceptors (Lipinski definition) is 0. The van der Waals surface area contributed by atoms with Crippen molar-refractivity contribution < 1.29 is 21.6 Å². The van der Waals surface area contributed by atoms with Crippen molar-refractivity contribution in [2.75, 3.05) is 19.6 Å². The molecule has 0 aliphatic heterocycles. The third-order valence-electron chi connectivity index (χ3n) is 4.76. The Morgan fingerprint density at radius 2 is 1.16 bits per heavy atom. The Balaban J connectivity index is 0.000000820. The second kappa shape index (κ2) is 15.4. The molecule has 0 spiro atoms. The Morgan fingerprint density at radius 1 is 0.720 bits per heavy atom. The molecule has 0 unspecified atom stereocenters. The molecule has 0 radical (unpaired) electrons. The van der Waals surface area contributed by atoms with E-state index in [4.69, 9.17) is 0 Å². The summed E-state index contributed by atoms with van der Waals surface area (Å²) >= 11 is 0. The number of nitrogens with zero attached hydrogens (tertiary/aromatic N) is 1. The molecule has 2 aromatic rings. The summed E-state index contributed by atoms with van der Waals surface area (Å²) in [5, 5.41) is 0. The van der Waals surface area contributed by atoms with E-state index in [1.165, 1.54) is 74.8 Å². The molecule has 0 saturated heterocycles. The van der Waals surface area contributed by atoms with Crippen LogP contribution in [0.1, 0.15) is 64.9 Å². The second-order valence-corrected chi connectivity index (χ2v) is 6.99. The van der Waals surface area contributed by atoms with Crippen LogP contribution in [0.4, 0.5) is 0 Å². The fraction of sp³-hybridized carbons (Fsp3) is 0.565. The summed E-state index contributed by atoms with van der Waals surface area (Å²) in [5.74, 6) is 0. The van der Waals surface area contributed by atoms with Gasteiger partial charge in [-0.1, -0.05) is 40.0 Å². The van der Waals surface area contributed by atoms with Crippen LogP contribution < -0.4 is 0 Å². The quantitative estimate of drug-likeness (QED) is 0.235. The summed E-state index contributed by atoms with van der Waals surface area (Å²) in [6, 6.07) is 19.0. The van der Waals surface area contributed by atoms with Gasteiger partial charge in [-0.2, -0.15) is 30.3 Å². The normalized spacial score (nSPS) is 10.7. The second-order valence-electron chi connectivity index (χ2n) is 6.99. The van der Waals surface area contributed by atoms with Crippen LogP contribution in [-0.2, 0) is 23.6 Å². The smallest absolute Gasteiger partial charge is 0.0781 e. The van der Waals surface area contributed by atoms with Crippen molar-refractivity contribution >= 4 is 0 Å². The molecule has 0 saturated carbocycles. The van der Waals surface area contributed by atoms with E-state index in [-0.39, 0.29) is 17.1 Å². The molecular formula is C23H38FeN-. The molecule has 0 aromatic heterocycles. The summed E-state index contributed by atoms with van der Waals surface area (Å²) in [7, 11) is 0. The minimum absolute atomic E-state index is 0. The zero-order valence-electron chi connectivity index (χ0n) is 16.6. The molecule has 0 N–H and O–H groups in total. The van der Waals surface area contributed by atoms with Gasteiger partial charge < -0.3 is 4.48 Å². The molecule has 2 aromatic carbocycles. The molecule has 25 heavy (non-hydrogen) atoms. The van der Waals surface area contributed by atoms with E-state index in [1.807, 2.05) is 30.3 Å². The number of unbranched alkanes of at least 4 members (excludes halogenated alkanes) is 3. The van der Waals surface area contributed by atoms with E-state index in [1.54, 1.807) is 0 Å². The summed E-state index contributed by atoms with van der Waals surface area (Å²) in [5.41, 5.74) is 1.53. The first-order valence-corrected chi connectivity index (χ1v) is 9.98. The Labute approximate surface area is 167 Å². The molecule has 1 nitrogen and oxygen atoms in total. The van der Waals surface area contributed by atoms with Gasteiger partial charge in [-0.3, -0.25) is 0 Å². The average molecular weight is 384 g/mol. The van der Waals surface area contributed by atoms with Gasteiger partial charge in [0.15, 0.2) is 0 Å². The maximum atomic E-state index is 2.32. The van der Waals surface area contributed by atoms with E-state index in [9.17, 15) is 0 Å².